The number of aromatic nitrogens is 3. The van der Waals surface area contributed by atoms with Crippen LogP contribution < -0.4 is 5.32 Å². The molecule has 0 amide bonds. The average molecular weight is 409 g/mol. The standard InChI is InChI=1S/C25H24N6/c1-18-3-5-20(6-4-18)24-23(19-7-9-22(26-2)10-8-19)15-21(25-28-17-29-31(24)25)16-30-13-11-27-12-14-30/h3-10,15,17,27H,11-14,16H2,1H3. The Kier molecular flexibility index (Phi) is 5.21. The van der Waals surface area contributed by atoms with Crippen LogP contribution in [0.5, 0.6) is 0 Å². The van der Waals surface area contributed by atoms with Crippen LogP contribution in [0.15, 0.2) is 60.9 Å². The van der Waals surface area contributed by atoms with Crippen LogP contribution in [0.25, 0.3) is 32.9 Å². The summed E-state index contributed by atoms with van der Waals surface area (Å²) in [5.41, 5.74) is 8.21. The molecule has 2 aromatic carbocycles. The number of nitrogens with one attached hydrogen (secondary N) is 1. The predicted octanol–water partition coefficient (Wildman–Crippen LogP) is 4.33. The van der Waals surface area contributed by atoms with E-state index in [1.165, 1.54) is 11.1 Å². The maximum atomic E-state index is 7.27. The van der Waals surface area contributed by atoms with E-state index in [9.17, 15) is 0 Å². The molecule has 1 saturated heterocycles. The summed E-state index contributed by atoms with van der Waals surface area (Å²) in [6.45, 7) is 14.3. The second-order valence-corrected chi connectivity index (χ2v) is 7.98. The molecular weight excluding hydrogens is 384 g/mol. The molecule has 0 spiro atoms. The molecule has 4 aromatic rings. The first kappa shape index (κ1) is 19.4. The number of benzene rings is 2. The van der Waals surface area contributed by atoms with Crippen LogP contribution in [0.4, 0.5) is 5.69 Å². The fourth-order valence-corrected chi connectivity index (χ4v) is 4.20. The van der Waals surface area contributed by atoms with Crippen LogP contribution in [0.1, 0.15) is 11.1 Å². The zero-order chi connectivity index (χ0) is 21.2. The van der Waals surface area contributed by atoms with Crippen LogP contribution in [0, 0.1) is 13.5 Å². The van der Waals surface area contributed by atoms with Crippen LogP contribution in [0.3, 0.4) is 0 Å². The second kappa shape index (κ2) is 8.31. The molecule has 1 fully saturated rings. The van der Waals surface area contributed by atoms with E-state index in [-0.39, 0.29) is 0 Å². The first-order valence-corrected chi connectivity index (χ1v) is 10.6. The Labute approximate surface area is 182 Å². The molecule has 154 valence electrons. The van der Waals surface area contributed by atoms with Crippen LogP contribution in [0.2, 0.25) is 0 Å². The fourth-order valence-electron chi connectivity index (χ4n) is 4.20. The highest BCUT2D eigenvalue weighted by atomic mass is 15.3. The zero-order valence-corrected chi connectivity index (χ0v) is 17.5. The summed E-state index contributed by atoms with van der Waals surface area (Å²) in [5.74, 6) is 0. The van der Waals surface area contributed by atoms with E-state index in [1.54, 1.807) is 6.33 Å². The van der Waals surface area contributed by atoms with Gasteiger partial charge < -0.3 is 5.32 Å². The van der Waals surface area contributed by atoms with Gasteiger partial charge in [-0.15, -0.1) is 0 Å². The molecule has 1 aliphatic heterocycles. The number of rotatable bonds is 4. The Morgan fingerprint density at radius 2 is 1.71 bits per heavy atom. The van der Waals surface area contributed by atoms with E-state index in [4.69, 9.17) is 6.57 Å². The number of hydrogen-bond donors (Lipinski definition) is 1. The molecule has 0 aliphatic carbocycles. The molecule has 0 radical (unpaired) electrons. The van der Waals surface area contributed by atoms with Crippen molar-refractivity contribution in [2.24, 2.45) is 0 Å². The zero-order valence-electron chi connectivity index (χ0n) is 17.5. The van der Waals surface area contributed by atoms with Gasteiger partial charge in [0.1, 0.15) is 6.33 Å². The first-order valence-electron chi connectivity index (χ1n) is 10.6. The number of fused-ring (bicyclic) bond motifs is 1. The van der Waals surface area contributed by atoms with Gasteiger partial charge in [-0.25, -0.2) is 14.3 Å². The number of aryl methyl sites for hydroxylation is 1. The molecule has 1 aliphatic rings. The van der Waals surface area contributed by atoms with Gasteiger partial charge in [0.15, 0.2) is 11.3 Å². The van der Waals surface area contributed by atoms with Gasteiger partial charge in [0.05, 0.1) is 12.3 Å². The molecule has 3 heterocycles. The maximum Gasteiger partial charge on any atom is 0.187 e. The van der Waals surface area contributed by atoms with Gasteiger partial charge in [-0.1, -0.05) is 54.1 Å². The second-order valence-electron chi connectivity index (χ2n) is 7.98. The molecule has 1 N–H and O–H groups in total. The van der Waals surface area contributed by atoms with E-state index in [2.05, 4.69) is 62.4 Å². The SMILES string of the molecule is [C-]#[N+]c1ccc(-c2cc(CN3CCNCC3)c3ncnn3c2-c2ccc(C)cc2)cc1. The van der Waals surface area contributed by atoms with E-state index in [0.717, 1.165) is 60.8 Å². The summed E-state index contributed by atoms with van der Waals surface area (Å²) >= 11 is 0. The smallest absolute Gasteiger partial charge is 0.187 e. The lowest BCUT2D eigenvalue weighted by Crippen LogP contribution is -2.43. The molecule has 2 aromatic heterocycles. The molecular formula is C25H24N6. The lowest BCUT2D eigenvalue weighted by Gasteiger charge is -2.27. The van der Waals surface area contributed by atoms with Gasteiger partial charge >= 0.3 is 0 Å². The highest BCUT2D eigenvalue weighted by Crippen LogP contribution is 2.35. The summed E-state index contributed by atoms with van der Waals surface area (Å²) in [4.78, 5) is 10.6. The maximum absolute atomic E-state index is 7.27. The summed E-state index contributed by atoms with van der Waals surface area (Å²) < 4.78 is 1.97. The van der Waals surface area contributed by atoms with Crippen molar-refractivity contribution in [3.05, 3.63) is 83.5 Å². The first-order chi connectivity index (χ1) is 15.2. The molecule has 5 rings (SSSR count). The summed E-state index contributed by atoms with van der Waals surface area (Å²) in [5, 5.41) is 8.03. The minimum absolute atomic E-state index is 0.642. The minimum Gasteiger partial charge on any atom is -0.314 e. The lowest BCUT2D eigenvalue weighted by molar-refractivity contribution is 0.233. The Balaban J connectivity index is 1.71. The van der Waals surface area contributed by atoms with E-state index in [0.29, 0.717) is 5.69 Å². The number of hydrogen-bond acceptors (Lipinski definition) is 4. The molecule has 0 unspecified atom stereocenters. The predicted molar refractivity (Wildman–Crippen MR) is 123 cm³/mol. The van der Waals surface area contributed by atoms with E-state index in [1.807, 2.05) is 28.8 Å². The van der Waals surface area contributed by atoms with Crippen LogP contribution >= 0.6 is 0 Å². The van der Waals surface area contributed by atoms with Crippen molar-refractivity contribution in [2.75, 3.05) is 26.2 Å². The van der Waals surface area contributed by atoms with Crippen molar-refractivity contribution < 1.29 is 0 Å². The van der Waals surface area contributed by atoms with Crippen molar-refractivity contribution >= 4 is 11.3 Å². The number of nitrogens with zero attached hydrogens (tertiary/aromatic N) is 5. The lowest BCUT2D eigenvalue weighted by atomic mass is 9.96. The highest BCUT2D eigenvalue weighted by Gasteiger charge is 2.19. The molecule has 6 nitrogen and oxygen atoms in total. The van der Waals surface area contributed by atoms with Gasteiger partial charge in [0.25, 0.3) is 0 Å². The Morgan fingerprint density at radius 1 is 1.00 bits per heavy atom. The molecule has 0 bridgehead atoms. The van der Waals surface area contributed by atoms with Crippen LogP contribution in [-0.2, 0) is 6.54 Å². The number of piperazine rings is 1. The van der Waals surface area contributed by atoms with Gasteiger partial charge in [0.2, 0.25) is 0 Å². The Hall–Kier alpha value is -3.53. The Morgan fingerprint density at radius 3 is 2.42 bits per heavy atom. The van der Waals surface area contributed by atoms with Crippen molar-refractivity contribution in [1.82, 2.24) is 24.8 Å². The fraction of sp³-hybridized carbons (Fsp3) is 0.240. The largest absolute Gasteiger partial charge is 0.314 e. The normalized spacial score (nSPS) is 14.6. The van der Waals surface area contributed by atoms with Crippen molar-refractivity contribution in [3.8, 4) is 22.4 Å². The third-order valence-corrected chi connectivity index (χ3v) is 5.86. The average Bonchev–Trinajstić information content (AvgIpc) is 3.31. The highest BCUT2D eigenvalue weighted by molar-refractivity contribution is 5.84. The van der Waals surface area contributed by atoms with Crippen molar-refractivity contribution in [3.63, 3.8) is 0 Å². The Bertz CT molecular complexity index is 1240. The van der Waals surface area contributed by atoms with Gasteiger partial charge in [-0.05, 0) is 18.6 Å². The van der Waals surface area contributed by atoms with Crippen LogP contribution in [-0.4, -0.2) is 45.7 Å². The minimum atomic E-state index is 0.642. The van der Waals surface area contributed by atoms with Gasteiger partial charge in [-0.2, -0.15) is 5.10 Å². The monoisotopic (exact) mass is 408 g/mol. The molecule has 0 atom stereocenters. The van der Waals surface area contributed by atoms with E-state index < -0.39 is 0 Å². The summed E-state index contributed by atoms with van der Waals surface area (Å²) in [6, 6.07) is 18.6. The summed E-state index contributed by atoms with van der Waals surface area (Å²) in [7, 11) is 0. The third-order valence-electron chi connectivity index (χ3n) is 5.86. The quantitative estimate of drug-likeness (QED) is 0.511. The molecule has 31 heavy (non-hydrogen) atoms. The van der Waals surface area contributed by atoms with Gasteiger partial charge in [0, 0.05) is 49.4 Å². The molecule has 6 heteroatoms. The van der Waals surface area contributed by atoms with E-state index >= 15 is 0 Å². The third kappa shape index (κ3) is 3.81. The molecule has 0 saturated carbocycles. The summed E-state index contributed by atoms with van der Waals surface area (Å²) in [6.07, 6.45) is 1.64. The number of pyridine rings is 1. The van der Waals surface area contributed by atoms with Gasteiger partial charge in [-0.3, -0.25) is 4.90 Å². The van der Waals surface area contributed by atoms with Crippen molar-refractivity contribution in [2.45, 2.75) is 13.5 Å². The van der Waals surface area contributed by atoms with Crippen molar-refractivity contribution in [1.29, 1.82) is 0 Å². The topological polar surface area (TPSA) is 49.8 Å².